The Balaban J connectivity index is 1.91. The molecule has 0 aliphatic rings. The van der Waals surface area contributed by atoms with Crippen LogP contribution in [0.5, 0.6) is 0 Å². The van der Waals surface area contributed by atoms with E-state index in [4.69, 9.17) is 0 Å². The molecule has 8 heteroatoms. The zero-order chi connectivity index (χ0) is 17.7. The van der Waals surface area contributed by atoms with Crippen molar-refractivity contribution in [1.29, 1.82) is 0 Å². The normalized spacial score (nSPS) is 11.3. The van der Waals surface area contributed by atoms with Gasteiger partial charge in [0, 0.05) is 31.5 Å². The molecule has 0 bridgehead atoms. The highest BCUT2D eigenvalue weighted by molar-refractivity contribution is 5.77. The summed E-state index contributed by atoms with van der Waals surface area (Å²) in [6, 6.07) is 6.23. The number of imidazole rings is 1. The lowest BCUT2D eigenvalue weighted by atomic mass is 10.2. The Morgan fingerprint density at radius 3 is 2.62 bits per heavy atom. The molecule has 0 saturated carbocycles. The molecule has 0 N–H and O–H groups in total. The number of carbonyl (C=O) groups is 1. The number of halogens is 3. The first-order valence-electron chi connectivity index (χ1n) is 7.34. The smallest absolute Gasteiger partial charge is 0.319 e. The van der Waals surface area contributed by atoms with Crippen molar-refractivity contribution in [3.8, 4) is 0 Å². The first kappa shape index (κ1) is 18.0. The van der Waals surface area contributed by atoms with Crippen LogP contribution in [0.2, 0.25) is 0 Å². The van der Waals surface area contributed by atoms with Crippen LogP contribution in [0.15, 0.2) is 36.7 Å². The number of rotatable bonds is 7. The Bertz CT molecular complexity index is 689. The maximum absolute atomic E-state index is 13.6. The molecule has 24 heavy (non-hydrogen) atoms. The Morgan fingerprint density at radius 1 is 1.25 bits per heavy atom. The van der Waals surface area contributed by atoms with Gasteiger partial charge in [-0.05, 0) is 13.1 Å². The number of benzene rings is 1. The predicted molar refractivity (Wildman–Crippen MR) is 82.7 cm³/mol. The summed E-state index contributed by atoms with van der Waals surface area (Å²) < 4.78 is 39.9. The highest BCUT2D eigenvalue weighted by Crippen LogP contribution is 2.14. The summed E-state index contributed by atoms with van der Waals surface area (Å²) in [4.78, 5) is 19.1. The van der Waals surface area contributed by atoms with E-state index in [1.807, 2.05) is 0 Å². The van der Waals surface area contributed by atoms with E-state index in [2.05, 4.69) is 4.98 Å². The van der Waals surface area contributed by atoms with E-state index in [9.17, 15) is 18.0 Å². The van der Waals surface area contributed by atoms with Crippen LogP contribution >= 0.6 is 0 Å². The number of hydrogen-bond acceptors (Lipinski definition) is 3. The second kappa shape index (κ2) is 7.96. The Morgan fingerprint density at radius 2 is 1.96 bits per heavy atom. The Kier molecular flexibility index (Phi) is 5.97. The van der Waals surface area contributed by atoms with Gasteiger partial charge in [-0.3, -0.25) is 14.3 Å². The van der Waals surface area contributed by atoms with Crippen molar-refractivity contribution < 1.29 is 18.0 Å². The molecule has 0 spiro atoms. The highest BCUT2D eigenvalue weighted by Gasteiger charge is 2.17. The van der Waals surface area contributed by atoms with Gasteiger partial charge in [0.15, 0.2) is 0 Å². The zero-order valence-electron chi connectivity index (χ0n) is 13.5. The lowest BCUT2D eigenvalue weighted by molar-refractivity contribution is -0.131. The molecule has 1 heterocycles. The van der Waals surface area contributed by atoms with Crippen LogP contribution in [0, 0.1) is 5.82 Å². The number of alkyl halides is 2. The first-order valence-corrected chi connectivity index (χ1v) is 7.34. The molecule has 0 aliphatic heterocycles. The molecule has 2 aromatic rings. The average Bonchev–Trinajstić information content (AvgIpc) is 2.97. The van der Waals surface area contributed by atoms with Crippen molar-refractivity contribution in [3.05, 3.63) is 53.9 Å². The Hall–Kier alpha value is -2.35. The molecular weight excluding hydrogens is 321 g/mol. The zero-order valence-corrected chi connectivity index (χ0v) is 13.5. The topological polar surface area (TPSA) is 41.4 Å². The minimum atomic E-state index is -2.67. The third kappa shape index (κ3) is 4.58. The van der Waals surface area contributed by atoms with E-state index in [1.54, 1.807) is 37.2 Å². The second-order valence-corrected chi connectivity index (χ2v) is 5.54. The Labute approximate surface area is 138 Å². The van der Waals surface area contributed by atoms with Crippen LogP contribution < -0.4 is 0 Å². The summed E-state index contributed by atoms with van der Waals surface area (Å²) in [7, 11) is 3.21. The fourth-order valence-electron chi connectivity index (χ4n) is 2.26. The van der Waals surface area contributed by atoms with Crippen molar-refractivity contribution in [3.63, 3.8) is 0 Å². The van der Waals surface area contributed by atoms with Gasteiger partial charge in [0.1, 0.15) is 11.6 Å². The van der Waals surface area contributed by atoms with Crippen LogP contribution in [0.4, 0.5) is 13.2 Å². The molecule has 0 aliphatic carbocycles. The highest BCUT2D eigenvalue weighted by atomic mass is 19.3. The molecular formula is C16H19F3N4O. The van der Waals surface area contributed by atoms with Gasteiger partial charge in [-0.2, -0.15) is 8.78 Å². The standard InChI is InChI=1S/C16H19F3N4O/c1-21(10-14-20-7-8-23(14)16(18)19)11-15(24)22(2)9-12-5-3-4-6-13(12)17/h3-8,16H,9-11H2,1-2H3. The summed E-state index contributed by atoms with van der Waals surface area (Å²) in [5.74, 6) is -0.433. The molecule has 0 atom stereocenters. The van der Waals surface area contributed by atoms with E-state index in [1.165, 1.54) is 23.4 Å². The summed E-state index contributed by atoms with van der Waals surface area (Å²) >= 11 is 0. The van der Waals surface area contributed by atoms with Gasteiger partial charge in [-0.1, -0.05) is 18.2 Å². The van der Waals surface area contributed by atoms with Crippen LogP contribution in [0.3, 0.4) is 0 Å². The number of aromatic nitrogens is 2. The average molecular weight is 340 g/mol. The number of amides is 1. The minimum Gasteiger partial charge on any atom is -0.340 e. The van der Waals surface area contributed by atoms with Crippen molar-refractivity contribution in [2.45, 2.75) is 19.6 Å². The van der Waals surface area contributed by atoms with Gasteiger partial charge < -0.3 is 4.90 Å². The second-order valence-electron chi connectivity index (χ2n) is 5.54. The lowest BCUT2D eigenvalue weighted by Gasteiger charge is -2.22. The third-order valence-electron chi connectivity index (χ3n) is 3.57. The molecule has 0 radical (unpaired) electrons. The van der Waals surface area contributed by atoms with E-state index >= 15 is 0 Å². The van der Waals surface area contributed by atoms with Crippen molar-refractivity contribution >= 4 is 5.91 Å². The van der Waals surface area contributed by atoms with Crippen molar-refractivity contribution in [1.82, 2.24) is 19.4 Å². The van der Waals surface area contributed by atoms with Gasteiger partial charge in [-0.25, -0.2) is 9.37 Å². The van der Waals surface area contributed by atoms with Crippen molar-refractivity contribution in [2.75, 3.05) is 20.6 Å². The molecule has 1 amide bonds. The number of nitrogens with zero attached hydrogens (tertiary/aromatic N) is 4. The molecule has 0 unspecified atom stereocenters. The van der Waals surface area contributed by atoms with Crippen LogP contribution in [-0.2, 0) is 17.9 Å². The van der Waals surface area contributed by atoms with E-state index in [0.29, 0.717) is 5.56 Å². The van der Waals surface area contributed by atoms with Crippen LogP contribution in [0.1, 0.15) is 17.9 Å². The molecule has 2 rings (SSSR count). The summed E-state index contributed by atoms with van der Waals surface area (Å²) in [6.45, 7) is -2.40. The monoisotopic (exact) mass is 340 g/mol. The molecule has 5 nitrogen and oxygen atoms in total. The third-order valence-corrected chi connectivity index (χ3v) is 3.57. The first-order chi connectivity index (χ1) is 11.4. The molecule has 0 fully saturated rings. The van der Waals surface area contributed by atoms with Gasteiger partial charge in [0.25, 0.3) is 0 Å². The van der Waals surface area contributed by atoms with E-state index < -0.39 is 6.55 Å². The number of hydrogen-bond donors (Lipinski definition) is 0. The molecule has 130 valence electrons. The molecule has 1 aromatic heterocycles. The SMILES string of the molecule is CN(CC(=O)N(C)Cc1ccccc1F)Cc1nccn1C(F)F. The predicted octanol–water partition coefficient (Wildman–Crippen LogP) is 2.51. The molecule has 1 aromatic carbocycles. The summed E-state index contributed by atoms with van der Waals surface area (Å²) in [5, 5.41) is 0. The fourth-order valence-corrected chi connectivity index (χ4v) is 2.26. The summed E-state index contributed by atoms with van der Waals surface area (Å²) in [5.41, 5.74) is 0.421. The van der Waals surface area contributed by atoms with Crippen LogP contribution in [0.25, 0.3) is 0 Å². The van der Waals surface area contributed by atoms with Gasteiger partial charge in [0.2, 0.25) is 5.91 Å². The maximum Gasteiger partial charge on any atom is 0.319 e. The quantitative estimate of drug-likeness (QED) is 0.778. The fraction of sp³-hybridized carbons (Fsp3) is 0.375. The number of carbonyl (C=O) groups excluding carboxylic acids is 1. The largest absolute Gasteiger partial charge is 0.340 e. The van der Waals surface area contributed by atoms with Gasteiger partial charge in [0.05, 0.1) is 13.1 Å². The number of likely N-dealkylation sites (N-methyl/N-ethyl adjacent to an activating group) is 2. The van der Waals surface area contributed by atoms with Gasteiger partial charge in [-0.15, -0.1) is 0 Å². The summed E-state index contributed by atoms with van der Waals surface area (Å²) in [6.07, 6.45) is 2.49. The lowest BCUT2D eigenvalue weighted by Crippen LogP contribution is -2.36. The molecule has 0 saturated heterocycles. The van der Waals surface area contributed by atoms with E-state index in [-0.39, 0.29) is 37.2 Å². The maximum atomic E-state index is 13.6. The van der Waals surface area contributed by atoms with Crippen molar-refractivity contribution in [2.24, 2.45) is 0 Å². The van der Waals surface area contributed by atoms with Gasteiger partial charge >= 0.3 is 6.55 Å². The van der Waals surface area contributed by atoms with Crippen LogP contribution in [-0.4, -0.2) is 45.9 Å². The minimum absolute atomic E-state index is 0.0149. The van der Waals surface area contributed by atoms with E-state index in [0.717, 1.165) is 4.57 Å².